The predicted molar refractivity (Wildman–Crippen MR) is 386 cm³/mol. The van der Waals surface area contributed by atoms with Crippen LogP contribution in [0.4, 0.5) is 51.2 Å². The fourth-order valence-electron chi connectivity index (χ4n) is 14.2. The van der Waals surface area contributed by atoms with E-state index in [0.29, 0.717) is 0 Å². The van der Waals surface area contributed by atoms with E-state index in [1.165, 1.54) is 81.1 Å². The van der Waals surface area contributed by atoms with Crippen LogP contribution in [-0.2, 0) is 27.1 Å². The molecule has 15 rings (SSSR count). The second-order valence-electron chi connectivity index (χ2n) is 30.3. The van der Waals surface area contributed by atoms with Gasteiger partial charge in [-0.05, 0) is 174 Å². The van der Waals surface area contributed by atoms with Crippen LogP contribution in [0.2, 0.25) is 0 Å². The highest BCUT2D eigenvalue weighted by Gasteiger charge is 2.45. The first-order chi connectivity index (χ1) is 42.3. The number of benzene rings is 10. The fraction of sp³-hybridized carbons (Fsp3) is 0.244. The van der Waals surface area contributed by atoms with Crippen molar-refractivity contribution in [3.8, 4) is 5.69 Å². The summed E-state index contributed by atoms with van der Waals surface area (Å²) in [4.78, 5) is 8.86. The Kier molecular flexibility index (Phi) is 12.7. The zero-order chi connectivity index (χ0) is 62.0. The lowest BCUT2D eigenvalue weighted by Gasteiger charge is -2.42. The van der Waals surface area contributed by atoms with Crippen molar-refractivity contribution < 1.29 is 4.42 Å². The molecule has 5 nitrogen and oxygen atoms in total. The van der Waals surface area contributed by atoms with E-state index in [0.717, 1.165) is 73.1 Å². The first kappa shape index (κ1) is 56.7. The molecular weight excluding hydrogens is 1100 g/mol. The Bertz CT molecular complexity index is 4850. The molecule has 7 heteroatoms. The molecule has 0 saturated carbocycles. The van der Waals surface area contributed by atoms with E-state index in [1.54, 1.807) is 0 Å². The smallest absolute Gasteiger partial charge is 0.252 e. The lowest BCUT2D eigenvalue weighted by Crippen LogP contribution is -2.60. The number of aromatic nitrogens is 1. The third kappa shape index (κ3) is 9.23. The van der Waals surface area contributed by atoms with Crippen LogP contribution in [0.5, 0.6) is 0 Å². The summed E-state index contributed by atoms with van der Waals surface area (Å²) < 4.78 is 10.8. The van der Waals surface area contributed by atoms with E-state index in [1.807, 2.05) is 11.3 Å². The maximum atomic E-state index is 6.88. The van der Waals surface area contributed by atoms with Gasteiger partial charge in [0.05, 0.1) is 22.3 Å². The van der Waals surface area contributed by atoms with Crippen LogP contribution in [0, 0.1) is 0 Å². The zero-order valence-corrected chi connectivity index (χ0v) is 55.1. The molecule has 0 fully saturated rings. The zero-order valence-electron chi connectivity index (χ0n) is 54.3. The predicted octanol–water partition coefficient (Wildman–Crippen LogP) is 21.9. The van der Waals surface area contributed by atoms with E-state index in [2.05, 4.69) is 329 Å². The number of anilines is 9. The van der Waals surface area contributed by atoms with Crippen LogP contribution in [0.25, 0.3) is 58.8 Å². The van der Waals surface area contributed by atoms with Crippen LogP contribution >= 0.6 is 11.3 Å². The molecule has 0 aliphatic carbocycles. The molecule has 2 aliphatic rings. The molecule has 0 amide bonds. The number of para-hydroxylation sites is 1. The highest BCUT2D eigenvalue weighted by molar-refractivity contribution is 7.26. The first-order valence-electron chi connectivity index (χ1n) is 31.8. The Morgan fingerprint density at radius 2 is 0.809 bits per heavy atom. The van der Waals surface area contributed by atoms with Gasteiger partial charge in [-0.2, -0.15) is 0 Å². The average Bonchev–Trinajstić information content (AvgIpc) is 1.65. The van der Waals surface area contributed by atoms with Gasteiger partial charge in [0.25, 0.3) is 6.71 Å². The van der Waals surface area contributed by atoms with Gasteiger partial charge in [-0.3, -0.25) is 0 Å². The minimum absolute atomic E-state index is 0.00741. The minimum Gasteiger partial charge on any atom is -0.456 e. The van der Waals surface area contributed by atoms with E-state index in [9.17, 15) is 0 Å². The van der Waals surface area contributed by atoms with Gasteiger partial charge in [-0.1, -0.05) is 207 Å². The number of fused-ring (bicyclic) bond motifs is 12. The molecule has 0 bridgehead atoms. The third-order valence-corrected chi connectivity index (χ3v) is 20.3. The summed E-state index contributed by atoms with van der Waals surface area (Å²) in [7, 11) is 0. The number of hydrogen-bond acceptors (Lipinski definition) is 5. The largest absolute Gasteiger partial charge is 0.456 e. The number of furan rings is 1. The number of rotatable bonds is 7. The molecular formula is C82H79BN4OS. The maximum absolute atomic E-state index is 6.88. The number of nitrogens with zero attached hydrogens (tertiary/aromatic N) is 4. The molecule has 0 atom stereocenters. The highest BCUT2D eigenvalue weighted by atomic mass is 32.1. The molecule has 0 radical (unpaired) electrons. The van der Waals surface area contributed by atoms with Crippen LogP contribution in [-0.4, -0.2) is 11.3 Å². The Labute approximate surface area is 529 Å². The molecule has 89 heavy (non-hydrogen) atoms. The summed E-state index contributed by atoms with van der Waals surface area (Å²) in [5.74, 6) is 0. The number of thiophene rings is 1. The Hall–Kier alpha value is -8.78. The van der Waals surface area contributed by atoms with Crippen LogP contribution in [0.15, 0.2) is 211 Å². The third-order valence-electron chi connectivity index (χ3n) is 19.2. The van der Waals surface area contributed by atoms with Crippen molar-refractivity contribution >= 4 is 139 Å². The van der Waals surface area contributed by atoms with Crippen molar-refractivity contribution in [3.63, 3.8) is 0 Å². The molecule has 13 aromatic rings. The second-order valence-corrected chi connectivity index (χ2v) is 31.4. The summed E-state index contributed by atoms with van der Waals surface area (Å²) in [6.45, 7) is 34.6. The maximum Gasteiger partial charge on any atom is 0.252 e. The summed E-state index contributed by atoms with van der Waals surface area (Å²) in [5, 5.41) is 6.10. The van der Waals surface area contributed by atoms with Gasteiger partial charge in [0.1, 0.15) is 16.0 Å². The molecule has 3 aromatic heterocycles. The van der Waals surface area contributed by atoms with E-state index in [4.69, 9.17) is 4.42 Å². The SMILES string of the molecule is CC(C)(C)c1ccc(N(c2ccc(C(C)(C)C)cc2)c2ccc3c(c2)N(c2cccc4oc5ccccc5c24)c2cc(N(c4ccc(C(C)(C)C)cc4)c4ccc(C(C)(C)C)cc4)cc4c2B3c2cc(C(C)(C)C)cc3c5c6ccccc6sc5n-4c23)cc1. The number of hydrogen-bond donors (Lipinski definition) is 0. The standard InChI is InChI=1S/C82H79BN4OS/c1-78(2,3)50-27-35-55(36-28-50)84(56-37-29-51(30-38-56)79(4,5)6)59-43-44-64-67(47-59)86(66-23-20-25-71-74(66)61-21-16-18-24-70(61)88-71)68-48-60(85(57-39-31-52(32-40-57)80(7,8)9)58-41-33-53(34-42-58)81(10,11)12)49-69-75(68)83(64)65-46-54(82(13,14)15)45-63-73-62-22-17-19-26-72(62)89-77(73)87(69)76(63)65/h16-49H,1-15H3. The van der Waals surface area contributed by atoms with Crippen molar-refractivity contribution in [2.45, 2.75) is 131 Å². The second kappa shape index (κ2) is 19.9. The lowest BCUT2D eigenvalue weighted by molar-refractivity contribution is 0.590. The summed E-state index contributed by atoms with van der Waals surface area (Å²) in [5.41, 5.74) is 24.3. The molecule has 442 valence electrons. The average molecular weight is 1180 g/mol. The van der Waals surface area contributed by atoms with E-state index >= 15 is 0 Å². The van der Waals surface area contributed by atoms with Crippen molar-refractivity contribution in [1.82, 2.24) is 4.57 Å². The van der Waals surface area contributed by atoms with Gasteiger partial charge in [0.2, 0.25) is 0 Å². The molecule has 0 N–H and O–H groups in total. The fourth-order valence-corrected chi connectivity index (χ4v) is 15.4. The van der Waals surface area contributed by atoms with E-state index in [-0.39, 0.29) is 33.8 Å². The van der Waals surface area contributed by atoms with Crippen LogP contribution in [0.1, 0.15) is 132 Å². The lowest BCUT2D eigenvalue weighted by atomic mass is 9.33. The van der Waals surface area contributed by atoms with Gasteiger partial charge >= 0.3 is 0 Å². The normalized spacial score (nSPS) is 13.5. The minimum atomic E-state index is -0.140. The topological polar surface area (TPSA) is 27.8 Å². The Morgan fingerprint density at radius 3 is 1.35 bits per heavy atom. The van der Waals surface area contributed by atoms with E-state index < -0.39 is 0 Å². The monoisotopic (exact) mass is 1180 g/mol. The molecule has 0 unspecified atom stereocenters. The van der Waals surface area contributed by atoms with Crippen LogP contribution < -0.4 is 31.1 Å². The van der Waals surface area contributed by atoms with Gasteiger partial charge in [-0.25, -0.2) is 0 Å². The van der Waals surface area contributed by atoms with Crippen molar-refractivity contribution in [2.24, 2.45) is 0 Å². The molecule has 2 aliphatic heterocycles. The molecule has 5 heterocycles. The van der Waals surface area contributed by atoms with Crippen molar-refractivity contribution in [1.29, 1.82) is 0 Å². The first-order valence-corrected chi connectivity index (χ1v) is 32.7. The van der Waals surface area contributed by atoms with Crippen molar-refractivity contribution in [2.75, 3.05) is 14.7 Å². The quantitative estimate of drug-likeness (QED) is 0.149. The van der Waals surface area contributed by atoms with Crippen LogP contribution in [0.3, 0.4) is 0 Å². The Balaban J connectivity index is 1.10. The summed E-state index contributed by atoms with van der Waals surface area (Å²) in [6, 6.07) is 79.0. The molecule has 0 saturated heterocycles. The molecule has 0 spiro atoms. The summed E-state index contributed by atoms with van der Waals surface area (Å²) >= 11 is 1.92. The summed E-state index contributed by atoms with van der Waals surface area (Å²) in [6.07, 6.45) is 0. The van der Waals surface area contributed by atoms with Gasteiger partial charge in [-0.15, -0.1) is 11.3 Å². The highest BCUT2D eigenvalue weighted by Crippen LogP contribution is 2.52. The van der Waals surface area contributed by atoms with Gasteiger partial charge < -0.3 is 23.7 Å². The van der Waals surface area contributed by atoms with Gasteiger partial charge in [0.15, 0.2) is 0 Å². The van der Waals surface area contributed by atoms with Gasteiger partial charge in [0, 0.05) is 71.7 Å². The van der Waals surface area contributed by atoms with Crippen molar-refractivity contribution in [3.05, 3.63) is 234 Å². The Morgan fingerprint density at radius 1 is 0.348 bits per heavy atom. The molecule has 10 aromatic carbocycles.